The Morgan fingerprint density at radius 2 is 1.45 bits per heavy atom. The van der Waals surface area contributed by atoms with E-state index in [1.807, 2.05) is 0 Å². The van der Waals surface area contributed by atoms with Crippen molar-refractivity contribution in [1.29, 1.82) is 0 Å². The average Bonchev–Trinajstić information content (AvgIpc) is 3.72. The minimum absolute atomic E-state index is 0.166. The van der Waals surface area contributed by atoms with Crippen molar-refractivity contribution in [2.45, 2.75) is 134 Å². The maximum atomic E-state index is 13.0. The first-order valence-corrected chi connectivity index (χ1v) is 21.7. The van der Waals surface area contributed by atoms with Gasteiger partial charge in [-0.2, -0.15) is 5.10 Å². The Balaban J connectivity index is 1.17. The van der Waals surface area contributed by atoms with Crippen LogP contribution < -0.4 is 15.2 Å². The number of aliphatic hydroxyl groups is 2. The van der Waals surface area contributed by atoms with E-state index < -0.39 is 44.3 Å². The van der Waals surface area contributed by atoms with Crippen LogP contribution in [0.15, 0.2) is 42.7 Å². The number of ether oxygens (including phenoxy) is 4. The van der Waals surface area contributed by atoms with Crippen LogP contribution >= 0.6 is 7.82 Å². The first kappa shape index (κ1) is 44.9. The second-order valence-electron chi connectivity index (χ2n) is 14.8. The zero-order valence-corrected chi connectivity index (χ0v) is 34.0. The lowest BCUT2D eigenvalue weighted by Crippen LogP contribution is -2.39. The molecule has 0 aliphatic carbocycles. The molecule has 4 rings (SSSR count). The number of anilines is 1. The van der Waals surface area contributed by atoms with E-state index in [0.29, 0.717) is 29.3 Å². The zero-order chi connectivity index (χ0) is 39.5. The van der Waals surface area contributed by atoms with Gasteiger partial charge in [0.15, 0.2) is 5.82 Å². The smallest absolute Gasteiger partial charge is 0.472 e. The predicted octanol–water partition coefficient (Wildman–Crippen LogP) is 7.37. The summed E-state index contributed by atoms with van der Waals surface area (Å²) in [7, 11) is -3.03. The summed E-state index contributed by atoms with van der Waals surface area (Å²) >= 11 is 0. The van der Waals surface area contributed by atoms with Crippen molar-refractivity contribution in [1.82, 2.24) is 14.6 Å². The molecule has 3 heterocycles. The van der Waals surface area contributed by atoms with Crippen LogP contribution in [0.4, 0.5) is 5.82 Å². The van der Waals surface area contributed by atoms with Crippen LogP contribution in [0.3, 0.4) is 0 Å². The fraction of sp³-hybridized carbons (Fsp3) is 0.700. The number of unbranched alkanes of at least 4 members (excludes halogenated alkanes) is 14. The van der Waals surface area contributed by atoms with Gasteiger partial charge in [-0.1, -0.05) is 96.8 Å². The SMILES string of the molecule is CCCCCCCCCCCCCCCCCOC[C@@H](COc1ccc(OC)cc1)COP(=O)(O)OC[C@H]1O[C@@](C)(c2ccc3c(N)ncnn23)[C@H](O)[C@@H]1O. The molecule has 1 fully saturated rings. The number of hydrogen-bond donors (Lipinski definition) is 4. The fourth-order valence-electron chi connectivity index (χ4n) is 6.92. The van der Waals surface area contributed by atoms with Crippen molar-refractivity contribution in [3.8, 4) is 11.5 Å². The molecule has 6 atom stereocenters. The third kappa shape index (κ3) is 14.3. The number of methoxy groups -OCH3 is 1. The molecule has 310 valence electrons. The van der Waals surface area contributed by atoms with Crippen molar-refractivity contribution < 1.29 is 47.7 Å². The van der Waals surface area contributed by atoms with E-state index in [-0.39, 0.29) is 25.6 Å². The summed E-state index contributed by atoms with van der Waals surface area (Å²) in [5.41, 5.74) is 5.44. The minimum Gasteiger partial charge on any atom is -0.497 e. The highest BCUT2D eigenvalue weighted by molar-refractivity contribution is 7.47. The third-order valence-electron chi connectivity index (χ3n) is 10.3. The van der Waals surface area contributed by atoms with Crippen LogP contribution in [0.2, 0.25) is 0 Å². The highest BCUT2D eigenvalue weighted by Gasteiger charge is 2.54. The average molecular weight is 793 g/mol. The lowest BCUT2D eigenvalue weighted by Gasteiger charge is -2.27. The van der Waals surface area contributed by atoms with E-state index in [9.17, 15) is 19.7 Å². The summed E-state index contributed by atoms with van der Waals surface area (Å²) in [6.07, 6.45) is 16.6. The Morgan fingerprint density at radius 3 is 2.07 bits per heavy atom. The van der Waals surface area contributed by atoms with Gasteiger partial charge in [0.25, 0.3) is 0 Å². The lowest BCUT2D eigenvalue weighted by atomic mass is 9.93. The number of aromatic nitrogens is 3. The molecular formula is C40H65N4O10P. The number of fused-ring (bicyclic) bond motifs is 1. The molecule has 2 aromatic heterocycles. The van der Waals surface area contributed by atoms with Crippen molar-refractivity contribution in [3.05, 3.63) is 48.4 Å². The van der Waals surface area contributed by atoms with Gasteiger partial charge in [0.05, 0.1) is 39.2 Å². The lowest BCUT2D eigenvalue weighted by molar-refractivity contribution is -0.0890. The van der Waals surface area contributed by atoms with E-state index >= 15 is 0 Å². The third-order valence-corrected chi connectivity index (χ3v) is 11.3. The molecule has 0 bridgehead atoms. The van der Waals surface area contributed by atoms with Crippen LogP contribution in [0.1, 0.15) is 116 Å². The highest BCUT2D eigenvalue weighted by Crippen LogP contribution is 2.46. The number of aliphatic hydroxyl groups excluding tert-OH is 2. The van der Waals surface area contributed by atoms with Gasteiger partial charge in [-0.3, -0.25) is 9.05 Å². The molecule has 1 saturated heterocycles. The summed E-state index contributed by atoms with van der Waals surface area (Å²) in [6, 6.07) is 10.5. The van der Waals surface area contributed by atoms with E-state index in [4.69, 9.17) is 33.7 Å². The highest BCUT2D eigenvalue weighted by atomic mass is 31.2. The van der Waals surface area contributed by atoms with Gasteiger partial charge >= 0.3 is 7.82 Å². The van der Waals surface area contributed by atoms with E-state index in [2.05, 4.69) is 17.0 Å². The van der Waals surface area contributed by atoms with Gasteiger partial charge in [-0.05, 0) is 49.7 Å². The predicted molar refractivity (Wildman–Crippen MR) is 211 cm³/mol. The Kier molecular flexibility index (Phi) is 19.1. The maximum absolute atomic E-state index is 13.0. The van der Waals surface area contributed by atoms with Gasteiger partial charge < -0.3 is 39.8 Å². The Morgan fingerprint density at radius 1 is 0.855 bits per heavy atom. The van der Waals surface area contributed by atoms with Crippen LogP contribution in [-0.2, 0) is 28.7 Å². The molecule has 0 saturated carbocycles. The molecule has 1 unspecified atom stereocenters. The minimum atomic E-state index is -4.62. The van der Waals surface area contributed by atoms with Gasteiger partial charge in [0, 0.05) is 12.5 Å². The molecule has 15 heteroatoms. The number of nitrogens with zero attached hydrogens (tertiary/aromatic N) is 3. The monoisotopic (exact) mass is 792 g/mol. The topological polar surface area (TPSA) is 189 Å². The van der Waals surface area contributed by atoms with Crippen LogP contribution in [0.25, 0.3) is 5.52 Å². The zero-order valence-electron chi connectivity index (χ0n) is 33.1. The molecule has 3 aromatic rings. The molecule has 1 aromatic carbocycles. The first-order chi connectivity index (χ1) is 26.6. The number of phosphoric ester groups is 1. The quantitative estimate of drug-likeness (QED) is 0.0403. The van der Waals surface area contributed by atoms with E-state index in [1.54, 1.807) is 50.4 Å². The molecule has 5 N–H and O–H groups in total. The van der Waals surface area contributed by atoms with Crippen molar-refractivity contribution >= 4 is 19.2 Å². The van der Waals surface area contributed by atoms with Crippen LogP contribution in [-0.4, -0.2) is 88.2 Å². The summed E-state index contributed by atoms with van der Waals surface area (Å²) in [5, 5.41) is 26.0. The van der Waals surface area contributed by atoms with Crippen molar-refractivity contribution in [3.63, 3.8) is 0 Å². The molecule has 0 radical (unpaired) electrons. The normalized spacial score (nSPS) is 21.5. The van der Waals surface area contributed by atoms with Crippen molar-refractivity contribution in [2.24, 2.45) is 5.92 Å². The number of rotatable bonds is 29. The van der Waals surface area contributed by atoms with Crippen molar-refractivity contribution in [2.75, 3.05) is 45.9 Å². The van der Waals surface area contributed by atoms with Crippen LogP contribution in [0.5, 0.6) is 11.5 Å². The number of hydrogen-bond acceptors (Lipinski definition) is 12. The molecule has 14 nitrogen and oxygen atoms in total. The number of benzene rings is 1. The van der Waals surface area contributed by atoms with Gasteiger partial charge in [0.1, 0.15) is 47.3 Å². The number of nitrogen functional groups attached to an aromatic ring is 1. The largest absolute Gasteiger partial charge is 0.497 e. The van der Waals surface area contributed by atoms with Crippen LogP contribution in [0, 0.1) is 5.92 Å². The number of nitrogens with two attached hydrogens (primary N) is 1. The molecule has 1 aliphatic heterocycles. The molecular weight excluding hydrogens is 727 g/mol. The number of phosphoric acid groups is 1. The fourth-order valence-corrected chi connectivity index (χ4v) is 7.73. The van der Waals surface area contributed by atoms with E-state index in [1.165, 1.54) is 94.3 Å². The van der Waals surface area contributed by atoms with E-state index in [0.717, 1.165) is 12.8 Å². The van der Waals surface area contributed by atoms with Gasteiger partial charge in [-0.15, -0.1) is 0 Å². The second kappa shape index (κ2) is 23.4. The van der Waals surface area contributed by atoms with Gasteiger partial charge in [-0.25, -0.2) is 14.1 Å². The summed E-state index contributed by atoms with van der Waals surface area (Å²) in [6.45, 7) is 4.13. The van der Waals surface area contributed by atoms with Gasteiger partial charge in [0.2, 0.25) is 0 Å². The second-order valence-corrected chi connectivity index (χ2v) is 16.3. The Labute approximate surface area is 326 Å². The molecule has 1 aliphatic rings. The first-order valence-electron chi connectivity index (χ1n) is 20.2. The Hall–Kier alpha value is -2.81. The molecule has 55 heavy (non-hydrogen) atoms. The molecule has 0 amide bonds. The summed E-state index contributed by atoms with van der Waals surface area (Å²) in [5.74, 6) is 1.15. The molecule has 0 spiro atoms. The maximum Gasteiger partial charge on any atom is 0.472 e. The summed E-state index contributed by atoms with van der Waals surface area (Å²) < 4.78 is 48.4. The summed E-state index contributed by atoms with van der Waals surface area (Å²) in [4.78, 5) is 14.6. The standard InChI is InChI=1S/C40H65N4O10P/c1-4-5-6-7-8-9-10-11-12-13-14-15-16-17-18-25-50-26-31(27-51-33-21-19-32(49-3)20-22-33)28-52-55(47,48)53-29-35-37(45)38(46)40(2,54-35)36-24-23-34-39(41)42-30-43-44(34)36/h19-24,30-31,35,37-38,45-46H,4-18,25-29H2,1-3H3,(H,47,48)(H2,41,42,43)/t31-,35+,37+,38+,40-/m0/s1. The Bertz CT molecular complexity index is 1560.